The van der Waals surface area contributed by atoms with Crippen LogP contribution in [0.5, 0.6) is 11.5 Å². The lowest BCUT2D eigenvalue weighted by Crippen LogP contribution is -2.53. The molecule has 26 heavy (non-hydrogen) atoms. The third kappa shape index (κ3) is 1.89. The molecule has 1 unspecified atom stereocenters. The van der Waals surface area contributed by atoms with Crippen molar-refractivity contribution in [3.05, 3.63) is 58.4 Å². The average Bonchev–Trinajstić information content (AvgIpc) is 2.98. The second-order valence-corrected chi connectivity index (χ2v) is 6.47. The fourth-order valence-corrected chi connectivity index (χ4v) is 3.77. The highest BCUT2D eigenvalue weighted by Crippen LogP contribution is 2.64. The molecule has 0 radical (unpaired) electrons. The minimum absolute atomic E-state index is 0.00354. The lowest BCUT2D eigenvalue weighted by atomic mass is 9.91. The molecular formula is C18H11F5N2O. The van der Waals surface area contributed by atoms with Crippen molar-refractivity contribution < 1.29 is 26.7 Å². The van der Waals surface area contributed by atoms with Gasteiger partial charge in [0.15, 0.2) is 0 Å². The third-order valence-corrected chi connectivity index (χ3v) is 5.01. The third-order valence-electron chi connectivity index (χ3n) is 5.01. The molecule has 4 rings (SSSR count). The van der Waals surface area contributed by atoms with Gasteiger partial charge in [-0.1, -0.05) is 0 Å². The molecule has 1 atom stereocenters. The molecule has 2 aromatic carbocycles. The van der Waals surface area contributed by atoms with Gasteiger partial charge in [-0.25, -0.2) is 4.39 Å². The van der Waals surface area contributed by atoms with E-state index < -0.39 is 28.8 Å². The first-order valence-corrected chi connectivity index (χ1v) is 7.72. The van der Waals surface area contributed by atoms with E-state index in [-0.39, 0.29) is 41.0 Å². The highest BCUT2D eigenvalue weighted by atomic mass is 19.3. The Morgan fingerprint density at radius 1 is 1.12 bits per heavy atom. The van der Waals surface area contributed by atoms with Gasteiger partial charge in [-0.2, -0.15) is 22.8 Å². The number of hydrogen-bond donors (Lipinski definition) is 1. The number of alkyl halides is 4. The molecule has 2 N–H and O–H groups in total. The number of ether oxygens (including phenoxy) is 1. The summed E-state index contributed by atoms with van der Waals surface area (Å²) in [5.41, 5.74) is 2.30. The summed E-state index contributed by atoms with van der Waals surface area (Å²) in [6.45, 7) is 0. The average molecular weight is 366 g/mol. The smallest absolute Gasteiger partial charge is 0.337 e. The number of rotatable bonds is 2. The minimum Gasteiger partial charge on any atom is -0.457 e. The predicted octanol–water partition coefficient (Wildman–Crippen LogP) is 4.33. The summed E-state index contributed by atoms with van der Waals surface area (Å²) in [6.07, 6.45) is -0.327. The summed E-state index contributed by atoms with van der Waals surface area (Å²) < 4.78 is 76.0. The Bertz CT molecular complexity index is 982. The van der Waals surface area contributed by atoms with Gasteiger partial charge in [0.05, 0.1) is 11.6 Å². The van der Waals surface area contributed by atoms with Gasteiger partial charge in [-0.15, -0.1) is 0 Å². The molecule has 3 nitrogen and oxygen atoms in total. The molecule has 134 valence electrons. The van der Waals surface area contributed by atoms with E-state index in [1.54, 1.807) is 6.07 Å². The molecule has 2 aromatic rings. The molecule has 0 fully saturated rings. The van der Waals surface area contributed by atoms with E-state index in [0.717, 1.165) is 24.3 Å². The molecule has 2 aliphatic carbocycles. The van der Waals surface area contributed by atoms with Crippen molar-refractivity contribution in [2.24, 2.45) is 5.73 Å². The molecule has 0 heterocycles. The van der Waals surface area contributed by atoms with E-state index in [2.05, 4.69) is 0 Å². The Hall–Kier alpha value is -2.66. The lowest BCUT2D eigenvalue weighted by Gasteiger charge is -2.31. The summed E-state index contributed by atoms with van der Waals surface area (Å²) in [5.74, 6) is -9.51. The summed E-state index contributed by atoms with van der Waals surface area (Å²) in [5, 5.41) is 8.88. The van der Waals surface area contributed by atoms with Crippen molar-refractivity contribution in [2.45, 2.75) is 30.2 Å². The van der Waals surface area contributed by atoms with E-state index in [0.29, 0.717) is 0 Å². The normalized spacial score (nSPS) is 24.2. The van der Waals surface area contributed by atoms with Crippen LogP contribution < -0.4 is 10.5 Å². The van der Waals surface area contributed by atoms with Gasteiger partial charge >= 0.3 is 11.8 Å². The maximum atomic E-state index is 14.3. The molecule has 0 bridgehead atoms. The Labute approximate surface area is 144 Å². The van der Waals surface area contributed by atoms with Crippen LogP contribution in [0, 0.1) is 17.1 Å². The fraction of sp³-hybridized carbons (Fsp3) is 0.278. The maximum Gasteiger partial charge on any atom is 0.337 e. The standard InChI is InChI=1S/C18H11F5N2O/c19-10-5-9(8-24)6-11(7-10)26-14-2-1-13-15-12(14)3-4-16(15,25)18(22,23)17(13,20)21/h1-2,5-7H,3-4,25H2. The Morgan fingerprint density at radius 2 is 1.85 bits per heavy atom. The van der Waals surface area contributed by atoms with Crippen molar-refractivity contribution in [3.8, 4) is 17.6 Å². The number of nitrogens with two attached hydrogens (primary N) is 1. The Kier molecular flexibility index (Phi) is 3.20. The first-order valence-electron chi connectivity index (χ1n) is 7.72. The first-order chi connectivity index (χ1) is 12.1. The van der Waals surface area contributed by atoms with Crippen molar-refractivity contribution >= 4 is 0 Å². The summed E-state index contributed by atoms with van der Waals surface area (Å²) in [7, 11) is 0. The highest BCUT2D eigenvalue weighted by Gasteiger charge is 2.76. The highest BCUT2D eigenvalue weighted by molar-refractivity contribution is 5.60. The number of nitrogens with zero attached hydrogens (tertiary/aromatic N) is 1. The predicted molar refractivity (Wildman–Crippen MR) is 80.7 cm³/mol. The van der Waals surface area contributed by atoms with E-state index in [9.17, 15) is 22.0 Å². The molecule has 2 aliphatic rings. The van der Waals surface area contributed by atoms with Crippen LogP contribution in [0.3, 0.4) is 0 Å². The zero-order chi connectivity index (χ0) is 18.9. The monoisotopic (exact) mass is 366 g/mol. The largest absolute Gasteiger partial charge is 0.457 e. The topological polar surface area (TPSA) is 59.0 Å². The molecule has 0 saturated heterocycles. The van der Waals surface area contributed by atoms with Crippen LogP contribution in [0.4, 0.5) is 22.0 Å². The van der Waals surface area contributed by atoms with E-state index in [1.165, 1.54) is 6.07 Å². The van der Waals surface area contributed by atoms with Gasteiger partial charge < -0.3 is 10.5 Å². The van der Waals surface area contributed by atoms with Gasteiger partial charge in [-0.3, -0.25) is 0 Å². The van der Waals surface area contributed by atoms with Crippen LogP contribution in [0.15, 0.2) is 30.3 Å². The van der Waals surface area contributed by atoms with Crippen molar-refractivity contribution in [2.75, 3.05) is 0 Å². The van der Waals surface area contributed by atoms with E-state index >= 15 is 0 Å². The lowest BCUT2D eigenvalue weighted by molar-refractivity contribution is -0.237. The summed E-state index contributed by atoms with van der Waals surface area (Å²) in [6, 6.07) is 7.04. The maximum absolute atomic E-state index is 14.3. The quantitative estimate of drug-likeness (QED) is 0.805. The second-order valence-electron chi connectivity index (χ2n) is 6.47. The van der Waals surface area contributed by atoms with Crippen LogP contribution in [0.1, 0.15) is 28.7 Å². The zero-order valence-corrected chi connectivity index (χ0v) is 13.1. The number of hydrogen-bond acceptors (Lipinski definition) is 3. The number of nitriles is 1. The molecule has 8 heteroatoms. The van der Waals surface area contributed by atoms with Crippen LogP contribution in [0.2, 0.25) is 0 Å². The van der Waals surface area contributed by atoms with Gasteiger partial charge in [0, 0.05) is 17.2 Å². The first kappa shape index (κ1) is 16.8. The van der Waals surface area contributed by atoms with Gasteiger partial charge in [0.1, 0.15) is 22.9 Å². The zero-order valence-electron chi connectivity index (χ0n) is 13.1. The molecule has 0 amide bonds. The van der Waals surface area contributed by atoms with Gasteiger partial charge in [0.25, 0.3) is 0 Å². The summed E-state index contributed by atoms with van der Waals surface area (Å²) >= 11 is 0. The van der Waals surface area contributed by atoms with E-state index in [1.807, 2.05) is 0 Å². The number of benzene rings is 2. The minimum atomic E-state index is -4.42. The SMILES string of the molecule is N#Cc1cc(F)cc(Oc2ccc3c4c2CCC4(N)C(F)(F)C3(F)F)c1. The molecule has 0 spiro atoms. The van der Waals surface area contributed by atoms with E-state index in [4.69, 9.17) is 15.7 Å². The molecule has 0 saturated carbocycles. The van der Waals surface area contributed by atoms with Gasteiger partial charge in [0.2, 0.25) is 0 Å². The fourth-order valence-electron chi connectivity index (χ4n) is 3.77. The number of halogens is 5. The van der Waals surface area contributed by atoms with Crippen molar-refractivity contribution in [1.29, 1.82) is 5.26 Å². The van der Waals surface area contributed by atoms with Crippen molar-refractivity contribution in [1.82, 2.24) is 0 Å². The molecule has 0 aromatic heterocycles. The molecule has 0 aliphatic heterocycles. The summed E-state index contributed by atoms with van der Waals surface area (Å²) in [4.78, 5) is 0. The molecular weight excluding hydrogens is 355 g/mol. The van der Waals surface area contributed by atoms with Crippen LogP contribution in [-0.2, 0) is 17.9 Å². The van der Waals surface area contributed by atoms with Crippen molar-refractivity contribution in [3.63, 3.8) is 0 Å². The van der Waals surface area contributed by atoms with Crippen LogP contribution in [-0.4, -0.2) is 5.92 Å². The van der Waals surface area contributed by atoms with Gasteiger partial charge in [-0.05, 0) is 42.7 Å². The van der Waals surface area contributed by atoms with Crippen LogP contribution >= 0.6 is 0 Å². The Morgan fingerprint density at radius 3 is 2.54 bits per heavy atom. The van der Waals surface area contributed by atoms with Crippen LogP contribution in [0.25, 0.3) is 0 Å². The Balaban J connectivity index is 1.84. The second kappa shape index (κ2) is 4.95.